The SMILES string of the molecule is Cc1ccsc1C(=O)NCCS(=O)(=O)N1C[C@@H](C)O[C@@H](C)C1. The van der Waals surface area contributed by atoms with E-state index in [1.807, 2.05) is 32.2 Å². The normalized spacial score (nSPS) is 23.4. The minimum atomic E-state index is -3.38. The first kappa shape index (κ1) is 17.4. The van der Waals surface area contributed by atoms with Crippen LogP contribution in [0.25, 0.3) is 0 Å². The summed E-state index contributed by atoms with van der Waals surface area (Å²) in [6.45, 7) is 6.42. The van der Waals surface area contributed by atoms with Crippen LogP contribution in [0.2, 0.25) is 0 Å². The predicted octanol–water partition coefficient (Wildman–Crippen LogP) is 1.23. The largest absolute Gasteiger partial charge is 0.373 e. The number of morpholine rings is 1. The molecule has 1 aliphatic heterocycles. The van der Waals surface area contributed by atoms with Crippen molar-refractivity contribution in [1.29, 1.82) is 0 Å². The van der Waals surface area contributed by atoms with E-state index >= 15 is 0 Å². The summed E-state index contributed by atoms with van der Waals surface area (Å²) in [5, 5.41) is 4.52. The first-order valence-corrected chi connectivity index (χ1v) is 9.74. The molecule has 2 rings (SSSR count). The van der Waals surface area contributed by atoms with E-state index in [0.29, 0.717) is 18.0 Å². The molecule has 1 fully saturated rings. The lowest BCUT2D eigenvalue weighted by Gasteiger charge is -2.34. The van der Waals surface area contributed by atoms with Crippen LogP contribution in [0.4, 0.5) is 0 Å². The molecule has 0 spiro atoms. The molecular formula is C14H22N2O4S2. The van der Waals surface area contributed by atoms with Crippen LogP contribution < -0.4 is 5.32 Å². The Morgan fingerprint density at radius 1 is 1.41 bits per heavy atom. The third-order valence-electron chi connectivity index (χ3n) is 3.49. The van der Waals surface area contributed by atoms with Crippen molar-refractivity contribution < 1.29 is 17.9 Å². The summed E-state index contributed by atoms with van der Waals surface area (Å²) < 4.78 is 31.7. The summed E-state index contributed by atoms with van der Waals surface area (Å²) in [5.41, 5.74) is 0.904. The molecule has 0 saturated carbocycles. The van der Waals surface area contributed by atoms with E-state index in [1.165, 1.54) is 15.6 Å². The molecular weight excluding hydrogens is 324 g/mol. The maximum atomic E-state index is 12.3. The van der Waals surface area contributed by atoms with E-state index < -0.39 is 10.0 Å². The van der Waals surface area contributed by atoms with Gasteiger partial charge in [0.1, 0.15) is 0 Å². The number of hydrogen-bond donors (Lipinski definition) is 1. The molecule has 8 heteroatoms. The molecule has 0 aromatic carbocycles. The molecule has 1 aromatic heterocycles. The van der Waals surface area contributed by atoms with Gasteiger partial charge in [-0.25, -0.2) is 8.42 Å². The number of sulfonamides is 1. The van der Waals surface area contributed by atoms with Crippen molar-refractivity contribution in [3.05, 3.63) is 21.9 Å². The molecule has 0 bridgehead atoms. The highest BCUT2D eigenvalue weighted by Gasteiger charge is 2.30. The Labute approximate surface area is 135 Å². The zero-order chi connectivity index (χ0) is 16.3. The molecule has 1 aliphatic rings. The van der Waals surface area contributed by atoms with Crippen molar-refractivity contribution in [3.63, 3.8) is 0 Å². The van der Waals surface area contributed by atoms with Crippen LogP contribution in [-0.2, 0) is 14.8 Å². The third kappa shape index (κ3) is 4.28. The van der Waals surface area contributed by atoms with Gasteiger partial charge in [0, 0.05) is 19.6 Å². The number of rotatable bonds is 5. The third-order valence-corrected chi connectivity index (χ3v) is 6.31. The van der Waals surface area contributed by atoms with E-state index in [-0.39, 0.29) is 30.4 Å². The van der Waals surface area contributed by atoms with E-state index in [4.69, 9.17) is 4.74 Å². The van der Waals surface area contributed by atoms with Crippen LogP contribution >= 0.6 is 11.3 Å². The van der Waals surface area contributed by atoms with Gasteiger partial charge < -0.3 is 10.1 Å². The summed E-state index contributed by atoms with van der Waals surface area (Å²) in [6, 6.07) is 1.87. The van der Waals surface area contributed by atoms with Gasteiger partial charge in [-0.3, -0.25) is 4.79 Å². The molecule has 1 amide bonds. The molecule has 2 heterocycles. The Kier molecular flexibility index (Phi) is 5.60. The zero-order valence-corrected chi connectivity index (χ0v) is 14.7. The Balaban J connectivity index is 1.87. The molecule has 1 saturated heterocycles. The first-order chi connectivity index (χ1) is 10.3. The van der Waals surface area contributed by atoms with Gasteiger partial charge in [-0.2, -0.15) is 4.31 Å². The molecule has 1 N–H and O–H groups in total. The zero-order valence-electron chi connectivity index (χ0n) is 13.0. The topological polar surface area (TPSA) is 75.7 Å². The van der Waals surface area contributed by atoms with Gasteiger partial charge in [-0.15, -0.1) is 11.3 Å². The molecule has 0 radical (unpaired) electrons. The van der Waals surface area contributed by atoms with Crippen molar-refractivity contribution >= 4 is 27.3 Å². The maximum absolute atomic E-state index is 12.3. The molecule has 124 valence electrons. The van der Waals surface area contributed by atoms with Crippen molar-refractivity contribution in [2.75, 3.05) is 25.4 Å². The van der Waals surface area contributed by atoms with Gasteiger partial charge in [0.05, 0.1) is 22.8 Å². The second kappa shape index (κ2) is 7.08. The van der Waals surface area contributed by atoms with Gasteiger partial charge in [-0.05, 0) is 37.8 Å². The van der Waals surface area contributed by atoms with E-state index in [1.54, 1.807) is 0 Å². The lowest BCUT2D eigenvalue weighted by molar-refractivity contribution is -0.0440. The smallest absolute Gasteiger partial charge is 0.261 e. The monoisotopic (exact) mass is 346 g/mol. The van der Waals surface area contributed by atoms with Gasteiger partial charge in [-0.1, -0.05) is 0 Å². The molecule has 1 aromatic rings. The molecule has 2 atom stereocenters. The number of carbonyl (C=O) groups excluding carboxylic acids is 1. The lowest BCUT2D eigenvalue weighted by Crippen LogP contribution is -2.49. The minimum Gasteiger partial charge on any atom is -0.373 e. The van der Waals surface area contributed by atoms with Crippen molar-refractivity contribution in [1.82, 2.24) is 9.62 Å². The summed E-state index contributed by atoms with van der Waals surface area (Å²) >= 11 is 1.36. The molecule has 0 unspecified atom stereocenters. The highest BCUT2D eigenvalue weighted by molar-refractivity contribution is 7.89. The fourth-order valence-corrected chi connectivity index (χ4v) is 4.80. The number of carbonyl (C=O) groups is 1. The van der Waals surface area contributed by atoms with Crippen LogP contribution in [0.3, 0.4) is 0 Å². The van der Waals surface area contributed by atoms with Crippen LogP contribution in [0, 0.1) is 6.92 Å². The minimum absolute atomic E-state index is 0.0946. The van der Waals surface area contributed by atoms with E-state index in [0.717, 1.165) is 5.56 Å². The summed E-state index contributed by atoms with van der Waals surface area (Å²) in [6.07, 6.45) is -0.219. The maximum Gasteiger partial charge on any atom is 0.261 e. The highest BCUT2D eigenvalue weighted by atomic mass is 32.2. The quantitative estimate of drug-likeness (QED) is 0.870. The Morgan fingerprint density at radius 2 is 2.05 bits per heavy atom. The summed E-state index contributed by atoms with van der Waals surface area (Å²) in [5.74, 6) is -0.311. The number of aryl methyl sites for hydroxylation is 1. The second-order valence-electron chi connectivity index (χ2n) is 5.58. The van der Waals surface area contributed by atoms with E-state index in [9.17, 15) is 13.2 Å². The number of amides is 1. The fourth-order valence-electron chi connectivity index (χ4n) is 2.47. The van der Waals surface area contributed by atoms with Crippen LogP contribution in [0.15, 0.2) is 11.4 Å². The Morgan fingerprint density at radius 3 is 2.59 bits per heavy atom. The molecule has 22 heavy (non-hydrogen) atoms. The van der Waals surface area contributed by atoms with Crippen LogP contribution in [-0.4, -0.2) is 56.2 Å². The fraction of sp³-hybridized carbons (Fsp3) is 0.643. The van der Waals surface area contributed by atoms with Gasteiger partial charge in [0.15, 0.2) is 0 Å². The summed E-state index contributed by atoms with van der Waals surface area (Å²) in [7, 11) is -3.38. The molecule has 0 aliphatic carbocycles. The van der Waals surface area contributed by atoms with Gasteiger partial charge in [0.25, 0.3) is 5.91 Å². The number of nitrogens with zero attached hydrogens (tertiary/aromatic N) is 1. The second-order valence-corrected chi connectivity index (χ2v) is 8.58. The average molecular weight is 346 g/mol. The van der Waals surface area contributed by atoms with Crippen molar-refractivity contribution in [3.8, 4) is 0 Å². The van der Waals surface area contributed by atoms with Crippen molar-refractivity contribution in [2.24, 2.45) is 0 Å². The number of hydrogen-bond acceptors (Lipinski definition) is 5. The van der Waals surface area contributed by atoms with Crippen LogP contribution in [0.1, 0.15) is 29.1 Å². The van der Waals surface area contributed by atoms with Crippen molar-refractivity contribution in [2.45, 2.75) is 33.0 Å². The van der Waals surface area contributed by atoms with Gasteiger partial charge in [0.2, 0.25) is 10.0 Å². The first-order valence-electron chi connectivity index (χ1n) is 7.25. The van der Waals surface area contributed by atoms with Crippen LogP contribution in [0.5, 0.6) is 0 Å². The average Bonchev–Trinajstić information content (AvgIpc) is 2.83. The molecule has 6 nitrogen and oxygen atoms in total. The van der Waals surface area contributed by atoms with E-state index in [2.05, 4.69) is 5.32 Å². The number of nitrogens with one attached hydrogen (secondary N) is 1. The highest BCUT2D eigenvalue weighted by Crippen LogP contribution is 2.16. The summed E-state index contributed by atoms with van der Waals surface area (Å²) in [4.78, 5) is 12.6. The predicted molar refractivity (Wildman–Crippen MR) is 86.8 cm³/mol. The Bertz CT molecular complexity index is 617. The number of thiophene rings is 1. The Hall–Kier alpha value is -0.960. The number of ether oxygens (including phenoxy) is 1. The lowest BCUT2D eigenvalue weighted by atomic mass is 10.3. The van der Waals surface area contributed by atoms with Gasteiger partial charge >= 0.3 is 0 Å². The standard InChI is InChI=1S/C14H22N2O4S2/c1-10-4-6-21-13(10)14(17)15-5-7-22(18,19)16-8-11(2)20-12(3)9-16/h4,6,11-12H,5,7-9H2,1-3H3,(H,15,17)/t11-,12+.